The van der Waals surface area contributed by atoms with Gasteiger partial charge in [0.05, 0.1) is 39.2 Å². The van der Waals surface area contributed by atoms with Crippen molar-refractivity contribution in [3.63, 3.8) is 0 Å². The number of nitrogens with zero attached hydrogens (tertiary/aromatic N) is 5. The van der Waals surface area contributed by atoms with Gasteiger partial charge in [0.15, 0.2) is 21.7 Å². The highest BCUT2D eigenvalue weighted by atomic mass is 32.2. The molecule has 2 aliphatic heterocycles. The lowest BCUT2D eigenvalue weighted by Crippen LogP contribution is -2.35. The van der Waals surface area contributed by atoms with Crippen molar-refractivity contribution in [2.24, 2.45) is 0 Å². The molecule has 0 aliphatic carbocycles. The third kappa shape index (κ3) is 5.93. The highest BCUT2D eigenvalue weighted by molar-refractivity contribution is 7.92. The van der Waals surface area contributed by atoms with Gasteiger partial charge in [-0.05, 0) is 101 Å². The minimum absolute atomic E-state index is 0.109. The van der Waals surface area contributed by atoms with Crippen LogP contribution in [0.3, 0.4) is 0 Å². The van der Waals surface area contributed by atoms with Crippen LogP contribution in [0.2, 0.25) is 0 Å². The second kappa shape index (κ2) is 12.8. The summed E-state index contributed by atoms with van der Waals surface area (Å²) in [5.74, 6) is 2.30. The minimum atomic E-state index is -3.56. The molecule has 2 aromatic carbocycles. The van der Waals surface area contributed by atoms with E-state index in [1.54, 1.807) is 39.2 Å². The highest BCUT2D eigenvalue weighted by Gasteiger charge is 2.34. The highest BCUT2D eigenvalue weighted by Crippen LogP contribution is 2.46. The number of fused-ring (bicyclic) bond motifs is 2. The van der Waals surface area contributed by atoms with Crippen molar-refractivity contribution in [1.82, 2.24) is 25.1 Å². The van der Waals surface area contributed by atoms with Gasteiger partial charge in [0.25, 0.3) is 0 Å². The molecule has 1 atom stereocenters. The van der Waals surface area contributed by atoms with E-state index >= 15 is 0 Å². The number of likely N-dealkylation sites (tertiary alicyclic amines) is 1. The van der Waals surface area contributed by atoms with Crippen LogP contribution in [-0.2, 0) is 14.6 Å². The first-order chi connectivity index (χ1) is 22.0. The molecule has 0 radical (unpaired) electrons. The molecule has 1 fully saturated rings. The zero-order valence-electron chi connectivity index (χ0n) is 27.8. The number of nitrogens with one attached hydrogen (secondary N) is 2. The molecule has 0 spiro atoms. The standard InChI is InChI=1S/C34H45N7O4S/c1-20(2)31-30-32(35-26-10-8-9-11-29(26)46(42,43)21(3)4)36-34(37-33(30)39-38-31)41-23(6)45-28-19-25(22(5)18-27(28)41)24-12-14-40(15-13-24)16-17-44-7/h8-11,18-21,23-24H,12-17H2,1-7H3,(H2,35,36,37,38,39). The Bertz CT molecular complexity index is 1830. The summed E-state index contributed by atoms with van der Waals surface area (Å²) in [4.78, 5) is 14.6. The molecule has 0 amide bonds. The summed E-state index contributed by atoms with van der Waals surface area (Å²) in [6.45, 7) is 15.5. The van der Waals surface area contributed by atoms with Crippen LogP contribution in [0.25, 0.3) is 11.0 Å². The van der Waals surface area contributed by atoms with Gasteiger partial charge in [0, 0.05) is 13.7 Å². The number of hydrogen-bond donors (Lipinski definition) is 2. The van der Waals surface area contributed by atoms with Crippen molar-refractivity contribution in [1.29, 1.82) is 0 Å². The van der Waals surface area contributed by atoms with Gasteiger partial charge in [-0.25, -0.2) is 8.42 Å². The van der Waals surface area contributed by atoms with E-state index in [9.17, 15) is 8.42 Å². The molecule has 1 unspecified atom stereocenters. The third-order valence-corrected chi connectivity index (χ3v) is 11.4. The number of benzene rings is 2. The first kappa shape index (κ1) is 32.2. The van der Waals surface area contributed by atoms with E-state index in [4.69, 9.17) is 19.4 Å². The monoisotopic (exact) mass is 647 g/mol. The van der Waals surface area contributed by atoms with Crippen LogP contribution in [0.15, 0.2) is 41.3 Å². The van der Waals surface area contributed by atoms with Gasteiger partial charge in [0.2, 0.25) is 5.95 Å². The van der Waals surface area contributed by atoms with Crippen molar-refractivity contribution in [3.8, 4) is 5.75 Å². The Kier molecular flexibility index (Phi) is 8.97. The van der Waals surface area contributed by atoms with Crippen molar-refractivity contribution in [2.45, 2.75) is 82.6 Å². The van der Waals surface area contributed by atoms with Crippen LogP contribution in [-0.4, -0.2) is 78.3 Å². The number of methoxy groups -OCH3 is 1. The molecular formula is C34H45N7O4S. The second-order valence-electron chi connectivity index (χ2n) is 13.0. The molecule has 246 valence electrons. The predicted molar refractivity (Wildman–Crippen MR) is 182 cm³/mol. The summed E-state index contributed by atoms with van der Waals surface area (Å²) in [7, 11) is -1.81. The predicted octanol–water partition coefficient (Wildman–Crippen LogP) is 6.41. The molecule has 4 heterocycles. The van der Waals surface area contributed by atoms with Gasteiger partial charge in [-0.1, -0.05) is 26.0 Å². The van der Waals surface area contributed by atoms with Crippen LogP contribution >= 0.6 is 0 Å². The van der Waals surface area contributed by atoms with Gasteiger partial charge in [-0.2, -0.15) is 15.1 Å². The Balaban J connectivity index is 1.38. The van der Waals surface area contributed by atoms with Crippen LogP contribution in [0.4, 0.5) is 23.1 Å². The average molecular weight is 648 g/mol. The number of aryl methyl sites for hydroxylation is 1. The van der Waals surface area contributed by atoms with Crippen molar-refractivity contribution in [2.75, 3.05) is 43.6 Å². The molecule has 0 bridgehead atoms. The van der Waals surface area contributed by atoms with Gasteiger partial charge in [-0.3, -0.25) is 10.00 Å². The van der Waals surface area contributed by atoms with Crippen LogP contribution in [0.1, 0.15) is 76.1 Å². The number of piperidine rings is 1. The summed E-state index contributed by atoms with van der Waals surface area (Å²) in [5, 5.41) is 11.2. The number of sulfone groups is 1. The van der Waals surface area contributed by atoms with Crippen molar-refractivity contribution in [3.05, 3.63) is 53.2 Å². The van der Waals surface area contributed by atoms with Gasteiger partial charge in [-0.15, -0.1) is 0 Å². The van der Waals surface area contributed by atoms with E-state index in [2.05, 4.69) is 53.3 Å². The zero-order chi connectivity index (χ0) is 32.7. The largest absolute Gasteiger partial charge is 0.468 e. The second-order valence-corrected chi connectivity index (χ2v) is 15.4. The summed E-state index contributed by atoms with van der Waals surface area (Å²) in [5.41, 5.74) is 5.26. The molecule has 2 aliphatic rings. The van der Waals surface area contributed by atoms with Gasteiger partial charge >= 0.3 is 0 Å². The normalized spacial score (nSPS) is 17.7. The first-order valence-corrected chi connectivity index (χ1v) is 17.7. The van der Waals surface area contributed by atoms with Gasteiger partial charge in [0.1, 0.15) is 11.6 Å². The SMILES string of the molecule is COCCN1CCC(c2cc3c(cc2C)N(c2nc(Nc4ccccc4S(=O)(=O)C(C)C)c4c(C(C)C)[nH]nc4n2)C(C)O3)CC1. The maximum absolute atomic E-state index is 13.3. The fourth-order valence-electron chi connectivity index (χ4n) is 6.55. The molecule has 12 heteroatoms. The topological polar surface area (TPSA) is 126 Å². The summed E-state index contributed by atoms with van der Waals surface area (Å²) >= 11 is 0. The van der Waals surface area contributed by atoms with E-state index in [-0.39, 0.29) is 17.0 Å². The molecule has 1 saturated heterocycles. The van der Waals surface area contributed by atoms with E-state index in [0.29, 0.717) is 29.0 Å². The minimum Gasteiger partial charge on any atom is -0.468 e. The van der Waals surface area contributed by atoms with Gasteiger partial charge < -0.3 is 19.7 Å². The number of rotatable bonds is 10. The summed E-state index contributed by atoms with van der Waals surface area (Å²) in [6.07, 6.45) is 1.84. The lowest BCUT2D eigenvalue weighted by molar-refractivity contribution is 0.130. The molecule has 0 saturated carbocycles. The summed E-state index contributed by atoms with van der Waals surface area (Å²) in [6, 6.07) is 11.3. The number of anilines is 4. The molecule has 11 nitrogen and oxygen atoms in total. The number of ether oxygens (including phenoxy) is 2. The number of aromatic amines is 1. The van der Waals surface area contributed by atoms with Crippen LogP contribution < -0.4 is 15.0 Å². The van der Waals surface area contributed by atoms with E-state index in [1.807, 2.05) is 17.9 Å². The Morgan fingerprint density at radius 1 is 1.11 bits per heavy atom. The van der Waals surface area contributed by atoms with E-state index in [0.717, 1.165) is 61.6 Å². The molecule has 6 rings (SSSR count). The third-order valence-electron chi connectivity index (χ3n) is 9.20. The fraction of sp³-hybridized carbons (Fsp3) is 0.500. The molecular weight excluding hydrogens is 602 g/mol. The lowest BCUT2D eigenvalue weighted by atomic mass is 9.86. The summed E-state index contributed by atoms with van der Waals surface area (Å²) < 4.78 is 38.3. The molecule has 4 aromatic rings. The Labute approximate surface area is 271 Å². The smallest absolute Gasteiger partial charge is 0.237 e. The average Bonchev–Trinajstić information content (AvgIpc) is 3.60. The number of hydrogen-bond acceptors (Lipinski definition) is 10. The first-order valence-electron chi connectivity index (χ1n) is 16.2. The Morgan fingerprint density at radius 3 is 2.54 bits per heavy atom. The lowest BCUT2D eigenvalue weighted by Gasteiger charge is -2.32. The quantitative estimate of drug-likeness (QED) is 0.199. The maximum Gasteiger partial charge on any atom is 0.237 e. The zero-order valence-corrected chi connectivity index (χ0v) is 28.6. The Hall–Kier alpha value is -3.74. The van der Waals surface area contributed by atoms with E-state index < -0.39 is 15.1 Å². The number of aromatic nitrogens is 4. The Morgan fingerprint density at radius 2 is 1.85 bits per heavy atom. The maximum atomic E-state index is 13.3. The van der Waals surface area contributed by atoms with Crippen LogP contribution in [0, 0.1) is 6.92 Å². The molecule has 46 heavy (non-hydrogen) atoms. The molecule has 2 N–H and O–H groups in total. The van der Waals surface area contributed by atoms with Crippen molar-refractivity contribution >= 4 is 44.0 Å². The number of para-hydroxylation sites is 1. The van der Waals surface area contributed by atoms with E-state index in [1.165, 1.54) is 11.1 Å². The van der Waals surface area contributed by atoms with Crippen molar-refractivity contribution < 1.29 is 17.9 Å². The molecule has 2 aromatic heterocycles. The fourth-order valence-corrected chi connectivity index (χ4v) is 7.75. The number of H-pyrrole nitrogens is 1. The van der Waals surface area contributed by atoms with Crippen LogP contribution in [0.5, 0.6) is 5.75 Å².